The summed E-state index contributed by atoms with van der Waals surface area (Å²) in [4.78, 5) is 4.24. The number of hydrogen-bond acceptors (Lipinski definition) is 3. The molecule has 0 aliphatic heterocycles. The standard InChI is InChI=1S/C13H12Br2N2O/c1-8-4-11(2-3-12(8)15)18-13-9(6-16)5-10(14)7-17-13/h2-5,7H,6,16H2,1H3. The van der Waals surface area contributed by atoms with E-state index in [1.165, 1.54) is 0 Å². The fourth-order valence-electron chi connectivity index (χ4n) is 1.50. The van der Waals surface area contributed by atoms with Crippen LogP contribution >= 0.6 is 31.9 Å². The molecule has 0 spiro atoms. The van der Waals surface area contributed by atoms with Gasteiger partial charge in [0.1, 0.15) is 5.75 Å². The summed E-state index contributed by atoms with van der Waals surface area (Å²) in [5.74, 6) is 1.29. The number of aryl methyl sites for hydroxylation is 1. The molecule has 2 rings (SSSR count). The summed E-state index contributed by atoms with van der Waals surface area (Å²) in [7, 11) is 0. The van der Waals surface area contributed by atoms with E-state index in [9.17, 15) is 0 Å². The average molecular weight is 372 g/mol. The van der Waals surface area contributed by atoms with E-state index in [-0.39, 0.29) is 0 Å². The third-order valence-electron chi connectivity index (χ3n) is 2.46. The first-order chi connectivity index (χ1) is 8.60. The molecule has 1 heterocycles. The summed E-state index contributed by atoms with van der Waals surface area (Å²) >= 11 is 6.82. The highest BCUT2D eigenvalue weighted by Crippen LogP contribution is 2.28. The van der Waals surface area contributed by atoms with Crippen molar-refractivity contribution in [3.8, 4) is 11.6 Å². The Morgan fingerprint density at radius 2 is 2.06 bits per heavy atom. The molecule has 0 atom stereocenters. The Labute approximate surface area is 123 Å². The first-order valence-corrected chi connectivity index (χ1v) is 6.97. The van der Waals surface area contributed by atoms with Crippen LogP contribution in [-0.4, -0.2) is 4.98 Å². The van der Waals surface area contributed by atoms with Crippen LogP contribution in [0.3, 0.4) is 0 Å². The molecular formula is C13H12Br2N2O. The topological polar surface area (TPSA) is 48.1 Å². The molecular weight excluding hydrogens is 360 g/mol. The summed E-state index contributed by atoms with van der Waals surface area (Å²) < 4.78 is 7.70. The van der Waals surface area contributed by atoms with Crippen molar-refractivity contribution in [1.29, 1.82) is 0 Å². The zero-order valence-corrected chi connectivity index (χ0v) is 13.0. The Bertz CT molecular complexity index is 573. The molecule has 0 saturated heterocycles. The number of ether oxygens (including phenoxy) is 1. The van der Waals surface area contributed by atoms with Crippen LogP contribution in [0.25, 0.3) is 0 Å². The summed E-state index contributed by atoms with van der Waals surface area (Å²) in [6.45, 7) is 2.40. The van der Waals surface area contributed by atoms with Gasteiger partial charge in [-0.25, -0.2) is 4.98 Å². The van der Waals surface area contributed by atoms with Gasteiger partial charge in [-0.3, -0.25) is 0 Å². The van der Waals surface area contributed by atoms with Crippen LogP contribution in [0.2, 0.25) is 0 Å². The average Bonchev–Trinajstić information content (AvgIpc) is 2.36. The van der Waals surface area contributed by atoms with E-state index in [1.54, 1.807) is 6.20 Å². The van der Waals surface area contributed by atoms with Crippen LogP contribution in [0.4, 0.5) is 0 Å². The molecule has 1 aromatic heterocycles. The van der Waals surface area contributed by atoms with Crippen LogP contribution in [0, 0.1) is 6.92 Å². The smallest absolute Gasteiger partial charge is 0.223 e. The Morgan fingerprint density at radius 1 is 1.28 bits per heavy atom. The number of nitrogens with two attached hydrogens (primary N) is 1. The molecule has 0 aliphatic rings. The highest BCUT2D eigenvalue weighted by atomic mass is 79.9. The number of nitrogens with zero attached hydrogens (tertiary/aromatic N) is 1. The lowest BCUT2D eigenvalue weighted by Crippen LogP contribution is -2.01. The van der Waals surface area contributed by atoms with Crippen molar-refractivity contribution in [2.24, 2.45) is 5.73 Å². The predicted octanol–water partition coefficient (Wildman–Crippen LogP) is 4.17. The largest absolute Gasteiger partial charge is 0.439 e. The van der Waals surface area contributed by atoms with E-state index >= 15 is 0 Å². The van der Waals surface area contributed by atoms with Gasteiger partial charge >= 0.3 is 0 Å². The van der Waals surface area contributed by atoms with Crippen molar-refractivity contribution >= 4 is 31.9 Å². The quantitative estimate of drug-likeness (QED) is 0.880. The second-order valence-corrected chi connectivity index (χ2v) is 5.61. The molecule has 3 nitrogen and oxygen atoms in total. The van der Waals surface area contributed by atoms with E-state index in [1.807, 2.05) is 31.2 Å². The predicted molar refractivity (Wildman–Crippen MR) is 78.8 cm³/mol. The summed E-state index contributed by atoms with van der Waals surface area (Å²) in [5, 5.41) is 0. The fourth-order valence-corrected chi connectivity index (χ4v) is 2.12. The number of benzene rings is 1. The molecule has 0 unspecified atom stereocenters. The molecule has 5 heteroatoms. The Kier molecular flexibility index (Phi) is 4.37. The van der Waals surface area contributed by atoms with Crippen molar-refractivity contribution in [2.45, 2.75) is 13.5 Å². The van der Waals surface area contributed by atoms with Gasteiger partial charge in [-0.05, 0) is 52.7 Å². The van der Waals surface area contributed by atoms with Gasteiger partial charge in [0.2, 0.25) is 5.88 Å². The lowest BCUT2D eigenvalue weighted by Gasteiger charge is -2.10. The summed E-state index contributed by atoms with van der Waals surface area (Å²) in [6.07, 6.45) is 1.69. The fraction of sp³-hybridized carbons (Fsp3) is 0.154. The molecule has 1 aromatic carbocycles. The van der Waals surface area contributed by atoms with Gasteiger partial charge in [0, 0.05) is 27.3 Å². The molecule has 0 fully saturated rings. The first kappa shape index (κ1) is 13.5. The Morgan fingerprint density at radius 3 is 2.72 bits per heavy atom. The van der Waals surface area contributed by atoms with Crippen LogP contribution in [0.5, 0.6) is 11.6 Å². The minimum Gasteiger partial charge on any atom is -0.439 e. The molecule has 2 N–H and O–H groups in total. The zero-order chi connectivity index (χ0) is 13.1. The van der Waals surface area contributed by atoms with Crippen molar-refractivity contribution in [3.63, 3.8) is 0 Å². The van der Waals surface area contributed by atoms with Crippen molar-refractivity contribution in [3.05, 3.63) is 50.5 Å². The van der Waals surface area contributed by atoms with Crippen LogP contribution < -0.4 is 10.5 Å². The van der Waals surface area contributed by atoms with Crippen LogP contribution in [-0.2, 0) is 6.54 Å². The summed E-state index contributed by atoms with van der Waals surface area (Å²) in [5.41, 5.74) is 7.65. The van der Waals surface area contributed by atoms with Gasteiger partial charge in [0.05, 0.1) is 0 Å². The van der Waals surface area contributed by atoms with Gasteiger partial charge in [-0.1, -0.05) is 15.9 Å². The van der Waals surface area contributed by atoms with E-state index in [2.05, 4.69) is 36.8 Å². The van der Waals surface area contributed by atoms with E-state index in [0.29, 0.717) is 12.4 Å². The molecule has 0 bridgehead atoms. The highest BCUT2D eigenvalue weighted by Gasteiger charge is 2.07. The molecule has 18 heavy (non-hydrogen) atoms. The maximum atomic E-state index is 5.76. The maximum Gasteiger partial charge on any atom is 0.223 e. The second kappa shape index (κ2) is 5.82. The minimum atomic E-state index is 0.386. The Balaban J connectivity index is 2.30. The van der Waals surface area contributed by atoms with Gasteiger partial charge in [0.25, 0.3) is 0 Å². The molecule has 0 radical (unpaired) electrons. The summed E-state index contributed by atoms with van der Waals surface area (Å²) in [6, 6.07) is 7.70. The maximum absolute atomic E-state index is 5.76. The number of hydrogen-bond donors (Lipinski definition) is 1. The number of pyridine rings is 1. The van der Waals surface area contributed by atoms with Gasteiger partial charge in [0.15, 0.2) is 0 Å². The van der Waals surface area contributed by atoms with Crippen LogP contribution in [0.15, 0.2) is 39.4 Å². The second-order valence-electron chi connectivity index (χ2n) is 3.83. The number of rotatable bonds is 3. The lowest BCUT2D eigenvalue weighted by molar-refractivity contribution is 0.455. The SMILES string of the molecule is Cc1cc(Oc2ncc(Br)cc2CN)ccc1Br. The van der Waals surface area contributed by atoms with Gasteiger partial charge in [-0.2, -0.15) is 0 Å². The van der Waals surface area contributed by atoms with Crippen LogP contribution in [0.1, 0.15) is 11.1 Å². The number of halogens is 2. The van der Waals surface area contributed by atoms with E-state index < -0.39 is 0 Å². The molecule has 0 aliphatic carbocycles. The first-order valence-electron chi connectivity index (χ1n) is 5.38. The monoisotopic (exact) mass is 370 g/mol. The third-order valence-corrected chi connectivity index (χ3v) is 3.78. The van der Waals surface area contributed by atoms with Crippen molar-refractivity contribution < 1.29 is 4.74 Å². The van der Waals surface area contributed by atoms with Crippen molar-refractivity contribution in [1.82, 2.24) is 4.98 Å². The van der Waals surface area contributed by atoms with Gasteiger partial charge < -0.3 is 10.5 Å². The van der Waals surface area contributed by atoms with Crippen molar-refractivity contribution in [2.75, 3.05) is 0 Å². The lowest BCUT2D eigenvalue weighted by atomic mass is 10.2. The normalized spacial score (nSPS) is 10.4. The third kappa shape index (κ3) is 3.10. The molecule has 0 amide bonds. The molecule has 94 valence electrons. The molecule has 2 aromatic rings. The minimum absolute atomic E-state index is 0.386. The zero-order valence-electron chi connectivity index (χ0n) is 9.78. The highest BCUT2D eigenvalue weighted by molar-refractivity contribution is 9.10. The van der Waals surface area contributed by atoms with E-state index in [4.69, 9.17) is 10.5 Å². The van der Waals surface area contributed by atoms with E-state index in [0.717, 1.165) is 25.8 Å². The Hall–Kier alpha value is -0.910. The molecule has 0 saturated carbocycles. The number of aromatic nitrogens is 1. The van der Waals surface area contributed by atoms with Gasteiger partial charge in [-0.15, -0.1) is 0 Å².